The van der Waals surface area contributed by atoms with Gasteiger partial charge in [0.15, 0.2) is 5.82 Å². The number of nitrogens with zero attached hydrogens (tertiary/aromatic N) is 7. The van der Waals surface area contributed by atoms with Gasteiger partial charge in [0, 0.05) is 20.0 Å². The molecule has 1 aliphatic heterocycles. The topological polar surface area (TPSA) is 103 Å². The first-order valence-electron chi connectivity index (χ1n) is 7.51. The van der Waals surface area contributed by atoms with Gasteiger partial charge in [-0.05, 0) is 23.3 Å². The smallest absolute Gasteiger partial charge is 0.235 e. The van der Waals surface area contributed by atoms with Gasteiger partial charge in [-0.2, -0.15) is 0 Å². The molecule has 3 heterocycles. The largest absolute Gasteiger partial charge is 0.423 e. The van der Waals surface area contributed by atoms with E-state index in [1.54, 1.807) is 16.6 Å². The summed E-state index contributed by atoms with van der Waals surface area (Å²) < 4.78 is 7.19. The Morgan fingerprint density at radius 1 is 1.32 bits per heavy atom. The summed E-state index contributed by atoms with van der Waals surface area (Å²) in [5.41, 5.74) is 0. The fourth-order valence-electron chi connectivity index (χ4n) is 2.64. The van der Waals surface area contributed by atoms with Crippen molar-refractivity contribution in [1.82, 2.24) is 35.3 Å². The second-order valence-corrected chi connectivity index (χ2v) is 5.45. The highest BCUT2D eigenvalue weighted by Gasteiger charge is 2.31. The summed E-state index contributed by atoms with van der Waals surface area (Å²) in [5, 5.41) is 19.5. The molecule has 2 aromatic heterocycles. The second-order valence-electron chi connectivity index (χ2n) is 5.45. The van der Waals surface area contributed by atoms with Crippen LogP contribution in [0, 0.1) is 0 Å². The molecule has 0 aliphatic carbocycles. The van der Waals surface area contributed by atoms with Gasteiger partial charge in [-0.1, -0.05) is 13.3 Å². The van der Waals surface area contributed by atoms with Crippen LogP contribution < -0.4 is 0 Å². The maximum absolute atomic E-state index is 12.7. The first-order chi connectivity index (χ1) is 10.7. The first kappa shape index (κ1) is 14.6. The number of fused-ring (bicyclic) bond motifs is 1. The van der Waals surface area contributed by atoms with Crippen LogP contribution in [-0.2, 0) is 24.3 Å². The van der Waals surface area contributed by atoms with Gasteiger partial charge in [0.1, 0.15) is 0 Å². The van der Waals surface area contributed by atoms with E-state index in [4.69, 9.17) is 4.42 Å². The standard InChI is InChI=1S/C13H19N7O2/c1-3-10-14-15-11(22-10)8-19(2)13(21)9-6-4-5-7-20-12(9)16-17-18-20/h9H,3-8H2,1-2H3/t9-/m1/s1. The molecule has 9 nitrogen and oxygen atoms in total. The molecule has 0 bridgehead atoms. The Labute approximate surface area is 127 Å². The molecule has 9 heteroatoms. The summed E-state index contributed by atoms with van der Waals surface area (Å²) in [5.74, 6) is 1.34. The van der Waals surface area contributed by atoms with E-state index in [0.717, 1.165) is 25.8 Å². The third kappa shape index (κ3) is 2.83. The maximum atomic E-state index is 12.7. The van der Waals surface area contributed by atoms with E-state index in [1.807, 2.05) is 6.92 Å². The molecule has 0 aromatic carbocycles. The summed E-state index contributed by atoms with van der Waals surface area (Å²) in [6.07, 6.45) is 3.39. The maximum Gasteiger partial charge on any atom is 0.235 e. The molecule has 2 aromatic rings. The molecular weight excluding hydrogens is 286 g/mol. The Morgan fingerprint density at radius 3 is 2.91 bits per heavy atom. The SMILES string of the molecule is CCc1nnc(CN(C)C(=O)[C@@H]2CCCCn3nnnc32)o1. The molecule has 1 aliphatic rings. The molecule has 0 saturated heterocycles. The number of tetrazole rings is 1. The van der Waals surface area contributed by atoms with E-state index in [0.29, 0.717) is 30.6 Å². The van der Waals surface area contributed by atoms with Crippen molar-refractivity contribution in [2.45, 2.75) is 51.6 Å². The molecule has 0 spiro atoms. The lowest BCUT2D eigenvalue weighted by molar-refractivity contribution is -0.132. The number of carbonyl (C=O) groups is 1. The van der Waals surface area contributed by atoms with Gasteiger partial charge in [-0.15, -0.1) is 15.3 Å². The Morgan fingerprint density at radius 2 is 2.14 bits per heavy atom. The van der Waals surface area contributed by atoms with Crippen LogP contribution >= 0.6 is 0 Å². The molecule has 0 saturated carbocycles. The Kier molecular flexibility index (Phi) is 4.12. The van der Waals surface area contributed by atoms with Crippen molar-refractivity contribution in [3.8, 4) is 0 Å². The highest BCUT2D eigenvalue weighted by Crippen LogP contribution is 2.26. The van der Waals surface area contributed by atoms with E-state index in [9.17, 15) is 4.79 Å². The summed E-state index contributed by atoms with van der Waals surface area (Å²) >= 11 is 0. The van der Waals surface area contributed by atoms with Gasteiger partial charge in [0.05, 0.1) is 12.5 Å². The summed E-state index contributed by atoms with van der Waals surface area (Å²) in [4.78, 5) is 14.3. The minimum atomic E-state index is -0.309. The van der Waals surface area contributed by atoms with Crippen molar-refractivity contribution < 1.29 is 9.21 Å². The molecule has 22 heavy (non-hydrogen) atoms. The lowest BCUT2D eigenvalue weighted by Gasteiger charge is -2.20. The average molecular weight is 305 g/mol. The molecule has 0 unspecified atom stereocenters. The molecular formula is C13H19N7O2. The third-order valence-electron chi connectivity index (χ3n) is 3.84. The molecule has 0 fully saturated rings. The van der Waals surface area contributed by atoms with Crippen LogP contribution in [0.4, 0.5) is 0 Å². The van der Waals surface area contributed by atoms with Crippen LogP contribution in [-0.4, -0.2) is 48.3 Å². The van der Waals surface area contributed by atoms with Gasteiger partial charge >= 0.3 is 0 Å². The summed E-state index contributed by atoms with van der Waals surface area (Å²) in [7, 11) is 1.73. The fourth-order valence-corrected chi connectivity index (χ4v) is 2.64. The molecule has 118 valence electrons. The quantitative estimate of drug-likeness (QED) is 0.812. The monoisotopic (exact) mass is 305 g/mol. The van der Waals surface area contributed by atoms with E-state index in [1.165, 1.54) is 0 Å². The van der Waals surface area contributed by atoms with E-state index in [-0.39, 0.29) is 11.8 Å². The lowest BCUT2D eigenvalue weighted by atomic mass is 10.0. The number of amides is 1. The normalized spacial score (nSPS) is 17.8. The van der Waals surface area contributed by atoms with Gasteiger partial charge in [0.25, 0.3) is 0 Å². The van der Waals surface area contributed by atoms with E-state index in [2.05, 4.69) is 25.7 Å². The van der Waals surface area contributed by atoms with Crippen molar-refractivity contribution >= 4 is 5.91 Å². The zero-order valence-corrected chi connectivity index (χ0v) is 12.8. The van der Waals surface area contributed by atoms with Crippen LogP contribution in [0.15, 0.2) is 4.42 Å². The molecule has 3 rings (SSSR count). The number of aryl methyl sites for hydroxylation is 2. The number of carbonyl (C=O) groups excluding carboxylic acids is 1. The highest BCUT2D eigenvalue weighted by molar-refractivity contribution is 5.82. The number of rotatable bonds is 4. The Balaban J connectivity index is 1.73. The molecule has 1 amide bonds. The predicted octanol–water partition coefficient (Wildman–Crippen LogP) is 0.545. The van der Waals surface area contributed by atoms with Gasteiger partial charge in [-0.25, -0.2) is 4.68 Å². The van der Waals surface area contributed by atoms with Crippen LogP contribution in [0.3, 0.4) is 0 Å². The molecule has 0 radical (unpaired) electrons. The van der Waals surface area contributed by atoms with Crippen LogP contribution in [0.5, 0.6) is 0 Å². The van der Waals surface area contributed by atoms with E-state index >= 15 is 0 Å². The predicted molar refractivity (Wildman–Crippen MR) is 74.6 cm³/mol. The fraction of sp³-hybridized carbons (Fsp3) is 0.692. The zero-order chi connectivity index (χ0) is 15.5. The number of aromatic nitrogens is 6. The minimum Gasteiger partial charge on any atom is -0.423 e. The number of hydrogen-bond donors (Lipinski definition) is 0. The summed E-state index contributed by atoms with van der Waals surface area (Å²) in [6.45, 7) is 3.00. The van der Waals surface area contributed by atoms with Crippen LogP contribution in [0.25, 0.3) is 0 Å². The van der Waals surface area contributed by atoms with Crippen molar-refractivity contribution in [2.75, 3.05) is 7.05 Å². The van der Waals surface area contributed by atoms with Crippen molar-refractivity contribution in [3.63, 3.8) is 0 Å². The van der Waals surface area contributed by atoms with Gasteiger partial charge < -0.3 is 9.32 Å². The summed E-state index contributed by atoms with van der Waals surface area (Å²) in [6, 6.07) is 0. The average Bonchev–Trinajstić information content (AvgIpc) is 3.12. The van der Waals surface area contributed by atoms with Crippen molar-refractivity contribution in [3.05, 3.63) is 17.6 Å². The van der Waals surface area contributed by atoms with Crippen LogP contribution in [0.2, 0.25) is 0 Å². The Bertz CT molecular complexity index is 650. The Hall–Kier alpha value is -2.32. The molecule has 1 atom stereocenters. The van der Waals surface area contributed by atoms with E-state index < -0.39 is 0 Å². The van der Waals surface area contributed by atoms with Crippen molar-refractivity contribution in [1.29, 1.82) is 0 Å². The first-order valence-corrected chi connectivity index (χ1v) is 7.51. The van der Waals surface area contributed by atoms with Crippen molar-refractivity contribution in [2.24, 2.45) is 0 Å². The number of hydrogen-bond acceptors (Lipinski definition) is 7. The van der Waals surface area contributed by atoms with Gasteiger partial charge in [-0.3, -0.25) is 4.79 Å². The minimum absolute atomic E-state index is 0.0193. The van der Waals surface area contributed by atoms with Crippen LogP contribution in [0.1, 0.15) is 49.7 Å². The zero-order valence-electron chi connectivity index (χ0n) is 12.8. The number of likely N-dealkylation sites (N-methyl/N-ethyl adjacent to an activating group) is 1. The second kappa shape index (κ2) is 6.20. The van der Waals surface area contributed by atoms with Gasteiger partial charge in [0.2, 0.25) is 17.7 Å². The lowest BCUT2D eigenvalue weighted by Crippen LogP contribution is -2.32. The highest BCUT2D eigenvalue weighted by atomic mass is 16.4. The third-order valence-corrected chi connectivity index (χ3v) is 3.84. The molecule has 0 N–H and O–H groups in total.